The number of hydrogen-bond donors (Lipinski definition) is 1. The minimum atomic E-state index is -0.105. The fraction of sp³-hybridized carbons (Fsp3) is 0.250. The molecule has 0 atom stereocenters. The molecule has 2 aromatic carbocycles. The smallest absolute Gasteiger partial charge is 0.227 e. The third-order valence-corrected chi connectivity index (χ3v) is 6.02. The predicted molar refractivity (Wildman–Crippen MR) is 127 cm³/mol. The molecule has 2 aromatic heterocycles. The van der Waals surface area contributed by atoms with E-state index in [0.717, 1.165) is 37.3 Å². The summed E-state index contributed by atoms with van der Waals surface area (Å²) in [6.07, 6.45) is 3.03. The van der Waals surface area contributed by atoms with E-state index in [1.807, 2.05) is 43.3 Å². The summed E-state index contributed by atoms with van der Waals surface area (Å²) in [7, 11) is 0. The number of carbonyl (C=O) groups excluding carboxylic acids is 1. The van der Waals surface area contributed by atoms with Crippen LogP contribution in [-0.4, -0.2) is 38.8 Å². The lowest BCUT2D eigenvalue weighted by molar-refractivity contribution is -0.120. The number of amides is 1. The molecule has 8 nitrogen and oxygen atoms in total. The fourth-order valence-corrected chi connectivity index (χ4v) is 4.09. The van der Waals surface area contributed by atoms with Gasteiger partial charge >= 0.3 is 0 Å². The maximum Gasteiger partial charge on any atom is 0.227 e. The van der Waals surface area contributed by atoms with Gasteiger partial charge in [0.25, 0.3) is 0 Å². The molecule has 0 aliphatic carbocycles. The van der Waals surface area contributed by atoms with Gasteiger partial charge in [0.15, 0.2) is 11.4 Å². The summed E-state index contributed by atoms with van der Waals surface area (Å²) in [6.45, 7) is 3.49. The Balaban J connectivity index is 1.24. The number of anilines is 2. The minimum Gasteiger partial charge on any atom is -0.455 e. The molecule has 4 aromatic rings. The highest BCUT2D eigenvalue weighted by Crippen LogP contribution is 2.33. The van der Waals surface area contributed by atoms with E-state index in [2.05, 4.69) is 25.5 Å². The Hall–Kier alpha value is -3.65. The molecule has 1 amide bonds. The van der Waals surface area contributed by atoms with Gasteiger partial charge in [-0.15, -0.1) is 15.3 Å². The second-order valence-electron chi connectivity index (χ2n) is 8.13. The highest BCUT2D eigenvalue weighted by atomic mass is 35.5. The van der Waals surface area contributed by atoms with Gasteiger partial charge in [-0.1, -0.05) is 29.3 Å². The number of ether oxygens (including phenoxy) is 1. The Morgan fingerprint density at radius 3 is 2.67 bits per heavy atom. The van der Waals surface area contributed by atoms with Crippen molar-refractivity contribution < 1.29 is 9.53 Å². The van der Waals surface area contributed by atoms with Crippen LogP contribution in [0.1, 0.15) is 18.4 Å². The molecule has 1 fully saturated rings. The molecule has 1 saturated heterocycles. The van der Waals surface area contributed by atoms with Crippen molar-refractivity contribution in [2.45, 2.75) is 19.8 Å². The number of hydrogen-bond acceptors (Lipinski definition) is 6. The number of nitrogens with one attached hydrogen (secondary N) is 1. The molecule has 33 heavy (non-hydrogen) atoms. The molecule has 1 aliphatic heterocycles. The zero-order valence-electron chi connectivity index (χ0n) is 18.1. The highest BCUT2D eigenvalue weighted by Gasteiger charge is 2.26. The van der Waals surface area contributed by atoms with Crippen LogP contribution in [0.5, 0.6) is 11.5 Å². The topological polar surface area (TPSA) is 84.6 Å². The van der Waals surface area contributed by atoms with Crippen LogP contribution in [0.4, 0.5) is 11.5 Å². The van der Waals surface area contributed by atoms with Crippen molar-refractivity contribution in [3.8, 4) is 11.5 Å². The van der Waals surface area contributed by atoms with Gasteiger partial charge < -0.3 is 15.0 Å². The number of fused-ring (bicyclic) bond motifs is 1. The number of piperidine rings is 1. The summed E-state index contributed by atoms with van der Waals surface area (Å²) in [5.41, 5.74) is 2.42. The summed E-state index contributed by atoms with van der Waals surface area (Å²) < 4.78 is 7.66. The molecular formula is C24H23ClN6O2. The third kappa shape index (κ3) is 4.75. The first kappa shape index (κ1) is 21.2. The molecule has 1 aliphatic rings. The Morgan fingerprint density at radius 1 is 1.09 bits per heavy atom. The van der Waals surface area contributed by atoms with E-state index >= 15 is 0 Å². The molecule has 0 radical (unpaired) electrons. The average molecular weight is 463 g/mol. The van der Waals surface area contributed by atoms with E-state index in [9.17, 15) is 4.79 Å². The lowest BCUT2D eigenvalue weighted by Crippen LogP contribution is -2.38. The summed E-state index contributed by atoms with van der Waals surface area (Å²) in [5, 5.41) is 16.0. The van der Waals surface area contributed by atoms with Crippen molar-refractivity contribution in [3.63, 3.8) is 0 Å². The van der Waals surface area contributed by atoms with Gasteiger partial charge in [0.2, 0.25) is 5.91 Å². The number of nitrogens with zero attached hydrogens (tertiary/aromatic N) is 5. The van der Waals surface area contributed by atoms with E-state index in [1.165, 1.54) is 0 Å². The fourth-order valence-electron chi connectivity index (χ4n) is 3.91. The number of aromatic nitrogens is 4. The zero-order chi connectivity index (χ0) is 22.8. The van der Waals surface area contributed by atoms with Gasteiger partial charge in [0.1, 0.15) is 17.9 Å². The molecule has 5 rings (SSSR count). The Kier molecular flexibility index (Phi) is 5.83. The van der Waals surface area contributed by atoms with Crippen molar-refractivity contribution in [2.24, 2.45) is 5.92 Å². The Morgan fingerprint density at radius 2 is 1.88 bits per heavy atom. The normalized spacial score (nSPS) is 14.4. The van der Waals surface area contributed by atoms with Crippen molar-refractivity contribution in [1.29, 1.82) is 0 Å². The number of benzene rings is 2. The Bertz CT molecular complexity index is 1280. The molecule has 0 spiro atoms. The van der Waals surface area contributed by atoms with E-state index in [1.54, 1.807) is 29.0 Å². The molecular weight excluding hydrogens is 440 g/mol. The largest absolute Gasteiger partial charge is 0.455 e. The van der Waals surface area contributed by atoms with Gasteiger partial charge in [-0.25, -0.2) is 0 Å². The van der Waals surface area contributed by atoms with Gasteiger partial charge in [-0.3, -0.25) is 4.79 Å². The molecule has 0 bridgehead atoms. The van der Waals surface area contributed by atoms with Crippen molar-refractivity contribution >= 4 is 34.7 Å². The zero-order valence-corrected chi connectivity index (χ0v) is 18.9. The maximum atomic E-state index is 13.0. The van der Waals surface area contributed by atoms with Crippen LogP contribution >= 0.6 is 11.6 Å². The van der Waals surface area contributed by atoms with Crippen molar-refractivity contribution in [3.05, 3.63) is 71.5 Å². The second-order valence-corrected chi connectivity index (χ2v) is 8.57. The third-order valence-electron chi connectivity index (χ3n) is 5.79. The Labute approximate surface area is 196 Å². The number of aryl methyl sites for hydroxylation is 1. The van der Waals surface area contributed by atoms with Gasteiger partial charge in [0.05, 0.1) is 5.69 Å². The summed E-state index contributed by atoms with van der Waals surface area (Å²) in [5.74, 6) is 1.97. The summed E-state index contributed by atoms with van der Waals surface area (Å²) >= 11 is 6.20. The standard InChI is InChI=1S/C24H23ClN6O2/c1-16-2-5-19(6-3-16)33-21-7-4-18(25)14-20(21)27-24(32)17-10-12-30(13-11-17)23-9-8-22-28-26-15-31(22)29-23/h2-9,14-15,17H,10-13H2,1H3,(H,27,32). The number of halogens is 1. The first-order valence-electron chi connectivity index (χ1n) is 10.8. The van der Waals surface area contributed by atoms with Crippen LogP contribution in [0.2, 0.25) is 5.02 Å². The molecule has 0 unspecified atom stereocenters. The molecule has 3 heterocycles. The summed E-state index contributed by atoms with van der Waals surface area (Å²) in [4.78, 5) is 15.2. The van der Waals surface area contributed by atoms with Gasteiger partial charge in [-0.05, 0) is 62.2 Å². The van der Waals surface area contributed by atoms with Crippen LogP contribution in [0.3, 0.4) is 0 Å². The van der Waals surface area contributed by atoms with Gasteiger partial charge in [-0.2, -0.15) is 4.52 Å². The number of carbonyl (C=O) groups is 1. The average Bonchev–Trinajstić information content (AvgIpc) is 3.30. The van der Waals surface area contributed by atoms with Crippen LogP contribution in [0, 0.1) is 12.8 Å². The van der Waals surface area contributed by atoms with Crippen LogP contribution in [0.25, 0.3) is 5.65 Å². The minimum absolute atomic E-state index is 0.0344. The van der Waals surface area contributed by atoms with Gasteiger partial charge in [0, 0.05) is 24.0 Å². The first-order valence-corrected chi connectivity index (χ1v) is 11.2. The van der Waals surface area contributed by atoms with Crippen LogP contribution in [0.15, 0.2) is 60.9 Å². The lowest BCUT2D eigenvalue weighted by atomic mass is 9.95. The van der Waals surface area contributed by atoms with Crippen LogP contribution in [-0.2, 0) is 4.79 Å². The molecule has 1 N–H and O–H groups in total. The SMILES string of the molecule is Cc1ccc(Oc2ccc(Cl)cc2NC(=O)C2CCN(c3ccc4nncn4n3)CC2)cc1. The molecule has 9 heteroatoms. The van der Waals surface area contributed by atoms with Crippen molar-refractivity contribution in [2.75, 3.05) is 23.3 Å². The van der Waals surface area contributed by atoms with E-state index in [0.29, 0.717) is 27.9 Å². The first-order chi connectivity index (χ1) is 16.0. The van der Waals surface area contributed by atoms with E-state index in [4.69, 9.17) is 16.3 Å². The monoisotopic (exact) mass is 462 g/mol. The quantitative estimate of drug-likeness (QED) is 0.461. The van der Waals surface area contributed by atoms with Crippen LogP contribution < -0.4 is 15.0 Å². The predicted octanol–water partition coefficient (Wildman–Crippen LogP) is 4.73. The number of rotatable bonds is 5. The highest BCUT2D eigenvalue weighted by molar-refractivity contribution is 6.31. The van der Waals surface area contributed by atoms with E-state index in [-0.39, 0.29) is 11.8 Å². The van der Waals surface area contributed by atoms with E-state index < -0.39 is 0 Å². The van der Waals surface area contributed by atoms with Crippen molar-refractivity contribution in [1.82, 2.24) is 19.8 Å². The maximum absolute atomic E-state index is 13.0. The molecule has 0 saturated carbocycles. The lowest BCUT2D eigenvalue weighted by Gasteiger charge is -2.32. The second kappa shape index (κ2) is 9.07. The molecule has 168 valence electrons. The summed E-state index contributed by atoms with van der Waals surface area (Å²) in [6, 6.07) is 16.8.